The molecule has 0 aliphatic heterocycles. The molecule has 4 aromatic rings. The predicted octanol–water partition coefficient (Wildman–Crippen LogP) is 6.78. The van der Waals surface area contributed by atoms with Crippen LogP contribution < -0.4 is 5.32 Å². The minimum Gasteiger partial charge on any atom is -0.338 e. The van der Waals surface area contributed by atoms with Crippen LogP contribution in [-0.2, 0) is 6.18 Å². The van der Waals surface area contributed by atoms with Gasteiger partial charge in [0.1, 0.15) is 5.82 Å². The van der Waals surface area contributed by atoms with Gasteiger partial charge in [-0.2, -0.15) is 18.3 Å². The van der Waals surface area contributed by atoms with E-state index in [1.54, 1.807) is 12.1 Å². The van der Waals surface area contributed by atoms with Crippen molar-refractivity contribution in [3.8, 4) is 11.1 Å². The Bertz CT molecular complexity index is 1150. The molecule has 3 aromatic carbocycles. The zero-order valence-corrected chi connectivity index (χ0v) is 14.9. The van der Waals surface area contributed by atoms with Crippen LogP contribution in [0.2, 0.25) is 5.02 Å². The molecule has 0 fully saturated rings. The minimum atomic E-state index is -4.65. The summed E-state index contributed by atoms with van der Waals surface area (Å²) in [5.74, 6) is -0.729. The summed E-state index contributed by atoms with van der Waals surface area (Å²) in [6.45, 7) is 0. The Morgan fingerprint density at radius 2 is 1.71 bits per heavy atom. The van der Waals surface area contributed by atoms with E-state index in [2.05, 4.69) is 15.5 Å². The monoisotopic (exact) mass is 405 g/mol. The standard InChI is InChI=1S/C20H12ClF4N3/c21-17-10-18-16(9-15(17)11-4-2-1-3-5-11)19(28-27-18)26-14-7-12(20(23,24)25)6-13(22)8-14/h1-10H,(H2,26,27,28). The van der Waals surface area contributed by atoms with Gasteiger partial charge in [0.25, 0.3) is 0 Å². The van der Waals surface area contributed by atoms with Crippen LogP contribution in [0.4, 0.5) is 29.1 Å². The molecular weight excluding hydrogens is 394 g/mol. The van der Waals surface area contributed by atoms with Crippen molar-refractivity contribution >= 4 is 34.0 Å². The van der Waals surface area contributed by atoms with Crippen molar-refractivity contribution in [1.82, 2.24) is 10.2 Å². The fourth-order valence-electron chi connectivity index (χ4n) is 2.93. The first-order valence-electron chi connectivity index (χ1n) is 8.19. The third-order valence-corrected chi connectivity index (χ3v) is 4.54. The maximum absolute atomic E-state index is 13.7. The highest BCUT2D eigenvalue weighted by molar-refractivity contribution is 6.34. The van der Waals surface area contributed by atoms with Gasteiger partial charge < -0.3 is 5.32 Å². The number of hydrogen-bond acceptors (Lipinski definition) is 2. The molecule has 0 radical (unpaired) electrons. The number of fused-ring (bicyclic) bond motifs is 1. The molecular formula is C20H12ClF4N3. The average molecular weight is 406 g/mol. The molecule has 8 heteroatoms. The zero-order chi connectivity index (χ0) is 19.9. The van der Waals surface area contributed by atoms with Crippen molar-refractivity contribution in [2.75, 3.05) is 5.32 Å². The topological polar surface area (TPSA) is 40.7 Å². The third kappa shape index (κ3) is 3.53. The lowest BCUT2D eigenvalue weighted by molar-refractivity contribution is -0.137. The molecule has 1 heterocycles. The molecule has 0 bridgehead atoms. The molecule has 0 saturated carbocycles. The second-order valence-corrected chi connectivity index (χ2v) is 6.57. The summed E-state index contributed by atoms with van der Waals surface area (Å²) < 4.78 is 52.5. The van der Waals surface area contributed by atoms with Crippen LogP contribution >= 0.6 is 11.6 Å². The molecule has 2 N–H and O–H groups in total. The fraction of sp³-hybridized carbons (Fsp3) is 0.0500. The molecule has 0 unspecified atom stereocenters. The van der Waals surface area contributed by atoms with Gasteiger partial charge in [0, 0.05) is 16.6 Å². The van der Waals surface area contributed by atoms with Crippen LogP contribution in [-0.4, -0.2) is 10.2 Å². The number of alkyl halides is 3. The first-order chi connectivity index (χ1) is 13.3. The Balaban J connectivity index is 1.77. The molecule has 0 amide bonds. The van der Waals surface area contributed by atoms with E-state index < -0.39 is 17.6 Å². The maximum atomic E-state index is 13.7. The number of H-pyrrole nitrogens is 1. The predicted molar refractivity (Wildman–Crippen MR) is 101 cm³/mol. The number of aromatic nitrogens is 2. The number of anilines is 2. The van der Waals surface area contributed by atoms with E-state index in [-0.39, 0.29) is 11.5 Å². The SMILES string of the molecule is Fc1cc(Nc2n[nH]c3cc(Cl)c(-c4ccccc4)cc23)cc(C(F)(F)F)c1. The molecule has 0 aliphatic rings. The Kier molecular flexibility index (Phi) is 4.47. The summed E-state index contributed by atoms with van der Waals surface area (Å²) in [5.41, 5.74) is 1.08. The Labute approximate surface area is 162 Å². The van der Waals surface area contributed by atoms with Gasteiger partial charge in [-0.15, -0.1) is 0 Å². The highest BCUT2D eigenvalue weighted by atomic mass is 35.5. The van der Waals surface area contributed by atoms with Crippen LogP contribution in [0.15, 0.2) is 60.7 Å². The summed E-state index contributed by atoms with van der Waals surface area (Å²) in [6, 6.07) is 15.1. The number of halogens is 5. The van der Waals surface area contributed by atoms with E-state index >= 15 is 0 Å². The molecule has 28 heavy (non-hydrogen) atoms. The van der Waals surface area contributed by atoms with E-state index in [1.165, 1.54) is 0 Å². The van der Waals surface area contributed by atoms with Crippen LogP contribution in [0.5, 0.6) is 0 Å². The maximum Gasteiger partial charge on any atom is 0.416 e. The number of aromatic amines is 1. The van der Waals surface area contributed by atoms with E-state index in [1.807, 2.05) is 30.3 Å². The first kappa shape index (κ1) is 18.3. The van der Waals surface area contributed by atoms with E-state index in [0.717, 1.165) is 23.3 Å². The van der Waals surface area contributed by atoms with Gasteiger partial charge >= 0.3 is 6.18 Å². The molecule has 0 atom stereocenters. The first-order valence-corrected chi connectivity index (χ1v) is 8.57. The molecule has 1 aromatic heterocycles. The van der Waals surface area contributed by atoms with Gasteiger partial charge in [0.15, 0.2) is 5.82 Å². The number of benzene rings is 3. The second kappa shape index (κ2) is 6.83. The Hall–Kier alpha value is -3.06. The van der Waals surface area contributed by atoms with Gasteiger partial charge in [-0.3, -0.25) is 5.10 Å². The molecule has 3 nitrogen and oxygen atoms in total. The van der Waals surface area contributed by atoms with Gasteiger partial charge in [-0.05, 0) is 35.9 Å². The summed E-state index contributed by atoms with van der Waals surface area (Å²) in [7, 11) is 0. The van der Waals surface area contributed by atoms with Crippen LogP contribution in [0.1, 0.15) is 5.56 Å². The summed E-state index contributed by atoms with van der Waals surface area (Å²) >= 11 is 6.36. The van der Waals surface area contributed by atoms with Crippen molar-refractivity contribution < 1.29 is 17.6 Å². The lowest BCUT2D eigenvalue weighted by Gasteiger charge is -2.10. The second-order valence-electron chi connectivity index (χ2n) is 6.17. The van der Waals surface area contributed by atoms with Crippen molar-refractivity contribution in [3.05, 3.63) is 77.1 Å². The van der Waals surface area contributed by atoms with Crippen molar-refractivity contribution in [1.29, 1.82) is 0 Å². The van der Waals surface area contributed by atoms with Crippen LogP contribution in [0.3, 0.4) is 0 Å². The summed E-state index contributed by atoms with van der Waals surface area (Å²) in [6.07, 6.45) is -4.65. The van der Waals surface area contributed by atoms with Crippen molar-refractivity contribution in [2.24, 2.45) is 0 Å². The Morgan fingerprint density at radius 3 is 2.43 bits per heavy atom. The van der Waals surface area contributed by atoms with Gasteiger partial charge in [-0.25, -0.2) is 4.39 Å². The number of nitrogens with zero attached hydrogens (tertiary/aromatic N) is 1. The van der Waals surface area contributed by atoms with Gasteiger partial charge in [0.05, 0.1) is 16.1 Å². The van der Waals surface area contributed by atoms with Crippen LogP contribution in [0.25, 0.3) is 22.0 Å². The molecule has 4 rings (SSSR count). The van der Waals surface area contributed by atoms with Crippen LogP contribution in [0, 0.1) is 5.82 Å². The lowest BCUT2D eigenvalue weighted by Crippen LogP contribution is -2.06. The summed E-state index contributed by atoms with van der Waals surface area (Å²) in [4.78, 5) is 0. The van der Waals surface area contributed by atoms with Crippen molar-refractivity contribution in [3.63, 3.8) is 0 Å². The van der Waals surface area contributed by atoms with E-state index in [4.69, 9.17) is 11.6 Å². The van der Waals surface area contributed by atoms with Gasteiger partial charge in [0.2, 0.25) is 0 Å². The highest BCUT2D eigenvalue weighted by Crippen LogP contribution is 2.36. The largest absolute Gasteiger partial charge is 0.416 e. The molecule has 142 valence electrons. The Morgan fingerprint density at radius 1 is 0.964 bits per heavy atom. The quantitative estimate of drug-likeness (QED) is 0.369. The lowest BCUT2D eigenvalue weighted by atomic mass is 10.0. The molecule has 0 spiro atoms. The summed E-state index contributed by atoms with van der Waals surface area (Å²) in [5, 5.41) is 10.7. The highest BCUT2D eigenvalue weighted by Gasteiger charge is 2.31. The zero-order valence-electron chi connectivity index (χ0n) is 14.1. The van der Waals surface area contributed by atoms with Crippen molar-refractivity contribution in [2.45, 2.75) is 6.18 Å². The third-order valence-electron chi connectivity index (χ3n) is 4.22. The smallest absolute Gasteiger partial charge is 0.338 e. The number of nitrogens with one attached hydrogen (secondary N) is 2. The minimum absolute atomic E-state index is 0.0584. The average Bonchev–Trinajstić information content (AvgIpc) is 3.02. The molecule has 0 aliphatic carbocycles. The van der Waals surface area contributed by atoms with E-state index in [0.29, 0.717) is 22.0 Å². The fourth-order valence-corrected chi connectivity index (χ4v) is 3.21. The number of hydrogen-bond donors (Lipinski definition) is 2. The normalized spacial score (nSPS) is 11.8. The molecule has 0 saturated heterocycles. The van der Waals surface area contributed by atoms with Gasteiger partial charge in [-0.1, -0.05) is 41.9 Å². The number of rotatable bonds is 3. The van der Waals surface area contributed by atoms with E-state index in [9.17, 15) is 17.6 Å².